The fourth-order valence-electron chi connectivity index (χ4n) is 8.34. The molecule has 1 saturated carbocycles. The maximum absolute atomic E-state index is 5.79. The Morgan fingerprint density at radius 2 is 1.40 bits per heavy atom. The van der Waals surface area contributed by atoms with Crippen LogP contribution in [0.3, 0.4) is 0 Å². The second kappa shape index (κ2) is 18.0. The predicted octanol–water partition coefficient (Wildman–Crippen LogP) is 4.90. The minimum Gasteiger partial charge on any atom is -0.381 e. The second-order valence-corrected chi connectivity index (χ2v) is 14.7. The Bertz CT molecular complexity index is 722. The first kappa shape index (κ1) is 34.6. The third kappa shape index (κ3) is 10.7. The van der Waals surface area contributed by atoms with Crippen LogP contribution in [0.5, 0.6) is 0 Å². The van der Waals surface area contributed by atoms with Gasteiger partial charge in [0.15, 0.2) is 0 Å². The van der Waals surface area contributed by atoms with Crippen LogP contribution in [0.2, 0.25) is 0 Å². The SMILES string of the molecule is CCN1CCN(CC2CCN(CCCOC(C)C)CC2)C(C2CN(C(C)C)CCN2CCCC2CCC(OC)CC2)C1. The minimum atomic E-state index is 0.352. The second-order valence-electron chi connectivity index (χ2n) is 14.7. The summed E-state index contributed by atoms with van der Waals surface area (Å²) in [6.45, 7) is 27.4. The molecular weight excluding hydrogens is 522 g/mol. The molecule has 7 nitrogen and oxygen atoms in total. The van der Waals surface area contributed by atoms with Crippen molar-refractivity contribution in [2.45, 2.75) is 123 Å². The van der Waals surface area contributed by atoms with Crippen molar-refractivity contribution < 1.29 is 9.47 Å². The summed E-state index contributed by atoms with van der Waals surface area (Å²) in [4.78, 5) is 14.1. The highest BCUT2D eigenvalue weighted by atomic mass is 16.5. The van der Waals surface area contributed by atoms with Gasteiger partial charge in [-0.1, -0.05) is 6.92 Å². The number of piperidine rings is 1. The Kier molecular flexibility index (Phi) is 14.8. The fourth-order valence-corrected chi connectivity index (χ4v) is 8.34. The molecule has 4 aliphatic rings. The predicted molar refractivity (Wildman–Crippen MR) is 176 cm³/mol. The molecule has 0 radical (unpaired) electrons. The molecule has 4 fully saturated rings. The third-order valence-electron chi connectivity index (χ3n) is 11.3. The number of methoxy groups -OCH3 is 1. The molecule has 246 valence electrons. The van der Waals surface area contributed by atoms with E-state index in [9.17, 15) is 0 Å². The highest BCUT2D eigenvalue weighted by molar-refractivity contribution is 4.97. The molecule has 0 aromatic carbocycles. The first-order valence-electron chi connectivity index (χ1n) is 18.2. The van der Waals surface area contributed by atoms with Crippen molar-refractivity contribution in [3.05, 3.63) is 0 Å². The number of ether oxygens (including phenoxy) is 2. The molecule has 0 spiro atoms. The summed E-state index contributed by atoms with van der Waals surface area (Å²) in [6, 6.07) is 1.95. The number of rotatable bonds is 15. The van der Waals surface area contributed by atoms with Crippen LogP contribution < -0.4 is 0 Å². The van der Waals surface area contributed by atoms with Crippen LogP contribution in [-0.2, 0) is 9.47 Å². The van der Waals surface area contributed by atoms with E-state index in [2.05, 4.69) is 59.1 Å². The quantitative estimate of drug-likeness (QED) is 0.251. The fraction of sp³-hybridized carbons (Fsp3) is 1.00. The summed E-state index contributed by atoms with van der Waals surface area (Å²) < 4.78 is 11.4. The van der Waals surface area contributed by atoms with Crippen molar-refractivity contribution in [2.75, 3.05) is 92.3 Å². The van der Waals surface area contributed by atoms with Gasteiger partial charge in [0.05, 0.1) is 12.2 Å². The molecule has 7 heteroatoms. The molecule has 0 aromatic rings. The zero-order valence-electron chi connectivity index (χ0n) is 28.7. The van der Waals surface area contributed by atoms with Crippen molar-refractivity contribution in [3.63, 3.8) is 0 Å². The maximum atomic E-state index is 5.79. The molecule has 4 rings (SSSR count). The van der Waals surface area contributed by atoms with Crippen LogP contribution in [0, 0.1) is 11.8 Å². The van der Waals surface area contributed by atoms with E-state index in [1.807, 2.05) is 7.11 Å². The summed E-state index contributed by atoms with van der Waals surface area (Å²) in [6.07, 6.45) is 12.8. The Balaban J connectivity index is 1.32. The number of hydrogen-bond donors (Lipinski definition) is 0. The number of likely N-dealkylation sites (tertiary alicyclic amines) is 1. The summed E-state index contributed by atoms with van der Waals surface area (Å²) in [5.74, 6) is 1.77. The van der Waals surface area contributed by atoms with Crippen LogP contribution in [0.15, 0.2) is 0 Å². The van der Waals surface area contributed by atoms with E-state index in [0.29, 0.717) is 30.3 Å². The first-order valence-corrected chi connectivity index (χ1v) is 18.2. The zero-order valence-corrected chi connectivity index (χ0v) is 28.7. The minimum absolute atomic E-state index is 0.352. The highest BCUT2D eigenvalue weighted by Gasteiger charge is 2.40. The van der Waals surface area contributed by atoms with Gasteiger partial charge in [0.1, 0.15) is 0 Å². The lowest BCUT2D eigenvalue weighted by Crippen LogP contribution is -2.67. The smallest absolute Gasteiger partial charge is 0.0571 e. The Morgan fingerprint density at radius 3 is 2.07 bits per heavy atom. The van der Waals surface area contributed by atoms with Crippen LogP contribution in [0.1, 0.15) is 92.4 Å². The van der Waals surface area contributed by atoms with Gasteiger partial charge in [0, 0.05) is 84.2 Å². The van der Waals surface area contributed by atoms with Crippen LogP contribution >= 0.6 is 0 Å². The van der Waals surface area contributed by atoms with Gasteiger partial charge in [-0.2, -0.15) is 0 Å². The van der Waals surface area contributed by atoms with Gasteiger partial charge in [-0.3, -0.25) is 14.7 Å². The lowest BCUT2D eigenvalue weighted by Gasteiger charge is -2.53. The Labute approximate surface area is 260 Å². The molecule has 0 N–H and O–H groups in total. The summed E-state index contributed by atoms with van der Waals surface area (Å²) in [5, 5.41) is 0. The molecule has 0 aromatic heterocycles. The first-order chi connectivity index (χ1) is 20.4. The molecule has 2 atom stereocenters. The van der Waals surface area contributed by atoms with E-state index in [0.717, 1.165) is 18.4 Å². The maximum Gasteiger partial charge on any atom is 0.0571 e. The normalized spacial score (nSPS) is 30.6. The van der Waals surface area contributed by atoms with Gasteiger partial charge in [-0.25, -0.2) is 0 Å². The Morgan fingerprint density at radius 1 is 0.690 bits per heavy atom. The molecular formula is C35H69N5O2. The summed E-state index contributed by atoms with van der Waals surface area (Å²) in [7, 11) is 1.89. The number of hydrogen-bond acceptors (Lipinski definition) is 7. The van der Waals surface area contributed by atoms with Gasteiger partial charge >= 0.3 is 0 Å². The van der Waals surface area contributed by atoms with Crippen molar-refractivity contribution in [3.8, 4) is 0 Å². The van der Waals surface area contributed by atoms with Gasteiger partial charge < -0.3 is 19.3 Å². The van der Waals surface area contributed by atoms with E-state index in [-0.39, 0.29) is 0 Å². The molecule has 0 bridgehead atoms. The Hall–Kier alpha value is -0.280. The number of likely N-dealkylation sites (N-methyl/N-ethyl adjacent to an activating group) is 1. The molecule has 0 amide bonds. The van der Waals surface area contributed by atoms with Gasteiger partial charge in [0.2, 0.25) is 0 Å². The highest BCUT2D eigenvalue weighted by Crippen LogP contribution is 2.30. The lowest BCUT2D eigenvalue weighted by atomic mass is 9.84. The average molecular weight is 592 g/mol. The lowest BCUT2D eigenvalue weighted by molar-refractivity contribution is -0.0355. The van der Waals surface area contributed by atoms with Crippen LogP contribution in [0.4, 0.5) is 0 Å². The molecule has 2 unspecified atom stereocenters. The summed E-state index contributed by atoms with van der Waals surface area (Å²) in [5.41, 5.74) is 0. The van der Waals surface area contributed by atoms with Gasteiger partial charge in [-0.15, -0.1) is 0 Å². The molecule has 1 aliphatic carbocycles. The molecule has 3 heterocycles. The van der Waals surface area contributed by atoms with E-state index in [4.69, 9.17) is 9.47 Å². The average Bonchev–Trinajstić information content (AvgIpc) is 3.00. The van der Waals surface area contributed by atoms with E-state index in [1.54, 1.807) is 0 Å². The molecule has 3 saturated heterocycles. The number of piperazine rings is 2. The van der Waals surface area contributed by atoms with Gasteiger partial charge in [0.25, 0.3) is 0 Å². The monoisotopic (exact) mass is 592 g/mol. The van der Waals surface area contributed by atoms with E-state index >= 15 is 0 Å². The molecule has 42 heavy (non-hydrogen) atoms. The molecule has 3 aliphatic heterocycles. The summed E-state index contributed by atoms with van der Waals surface area (Å²) >= 11 is 0. The van der Waals surface area contributed by atoms with E-state index < -0.39 is 0 Å². The van der Waals surface area contributed by atoms with E-state index in [1.165, 1.54) is 136 Å². The standard InChI is InChI=1S/C35H69N5O2/c1-7-36-21-22-40(26-32-15-19-37(20-16-32)17-9-25-42-30(4)5)34(27-36)35-28-39(29(2)3)24-23-38(35)18-8-10-31-11-13-33(41-6)14-12-31/h29-35H,7-28H2,1-6H3. The van der Waals surface area contributed by atoms with Crippen molar-refractivity contribution >= 4 is 0 Å². The van der Waals surface area contributed by atoms with Crippen molar-refractivity contribution in [1.29, 1.82) is 0 Å². The zero-order chi connectivity index (χ0) is 29.9. The van der Waals surface area contributed by atoms with Crippen molar-refractivity contribution in [1.82, 2.24) is 24.5 Å². The number of nitrogens with zero attached hydrogens (tertiary/aromatic N) is 5. The topological polar surface area (TPSA) is 34.7 Å². The van der Waals surface area contributed by atoms with Crippen molar-refractivity contribution in [2.24, 2.45) is 11.8 Å². The third-order valence-corrected chi connectivity index (χ3v) is 11.3. The van der Waals surface area contributed by atoms with Crippen LogP contribution in [-0.4, -0.2) is 147 Å². The van der Waals surface area contributed by atoms with Gasteiger partial charge in [-0.05, 0) is 123 Å². The van der Waals surface area contributed by atoms with Crippen LogP contribution in [0.25, 0.3) is 0 Å². The largest absolute Gasteiger partial charge is 0.381 e.